The van der Waals surface area contributed by atoms with Gasteiger partial charge in [-0.25, -0.2) is 9.37 Å². The minimum Gasteiger partial charge on any atom is -0.394 e. The summed E-state index contributed by atoms with van der Waals surface area (Å²) in [7, 11) is 0. The van der Waals surface area contributed by atoms with Crippen LogP contribution in [0, 0.1) is 0 Å². The number of rotatable bonds is 2. The molecule has 8 nitrogen and oxygen atoms in total. The first-order valence-corrected chi connectivity index (χ1v) is 6.14. The molecule has 3 rings (SSSR count). The third kappa shape index (κ3) is 1.90. The van der Waals surface area contributed by atoms with E-state index in [1.165, 1.54) is 10.9 Å². The van der Waals surface area contributed by atoms with E-state index >= 15 is 0 Å². The van der Waals surface area contributed by atoms with Crippen LogP contribution in [0.1, 0.15) is 6.23 Å². The highest BCUT2D eigenvalue weighted by Gasteiger charge is 2.45. The summed E-state index contributed by atoms with van der Waals surface area (Å²) in [5, 5.41) is 18.6. The highest BCUT2D eigenvalue weighted by atomic mass is 35.5. The summed E-state index contributed by atoms with van der Waals surface area (Å²) < 4.78 is 20.6. The lowest BCUT2D eigenvalue weighted by Gasteiger charge is -2.15. The van der Waals surface area contributed by atoms with Crippen molar-refractivity contribution in [2.45, 2.75) is 24.6 Å². The second kappa shape index (κ2) is 4.77. The number of fused-ring (bicyclic) bond motifs is 1. The average molecular weight is 304 g/mol. The van der Waals surface area contributed by atoms with Crippen LogP contribution in [0.5, 0.6) is 0 Å². The molecule has 1 saturated heterocycles. The van der Waals surface area contributed by atoms with E-state index in [2.05, 4.69) is 15.0 Å². The fourth-order valence-electron chi connectivity index (χ4n) is 2.18. The number of anilines is 1. The third-order valence-corrected chi connectivity index (χ3v) is 3.34. The number of aliphatic hydroxyl groups is 2. The standard InChI is InChI=1S/C10H11ClFN5O3/c11-10-15-7(13)5-8(16-10)17(2-14-5)9-4(12)6(19)3(1-18)20-9/h2-4,6,9,18-19H,1H2,(H2,13,15,16)/t3?,4-,6?,9?/m1/s1. The topological polar surface area (TPSA) is 119 Å². The molecule has 1 fully saturated rings. The van der Waals surface area contributed by atoms with Crippen LogP contribution in [0.4, 0.5) is 10.2 Å². The first-order chi connectivity index (χ1) is 9.52. The number of aromatic nitrogens is 4. The molecule has 108 valence electrons. The van der Waals surface area contributed by atoms with Gasteiger partial charge in [-0.05, 0) is 11.6 Å². The van der Waals surface area contributed by atoms with Gasteiger partial charge in [0.25, 0.3) is 0 Å². The molecule has 10 heteroatoms. The van der Waals surface area contributed by atoms with Gasteiger partial charge in [-0.2, -0.15) is 9.97 Å². The lowest BCUT2D eigenvalue weighted by atomic mass is 10.1. The number of halogens is 2. The Labute approximate surface area is 117 Å². The number of imidazole rings is 1. The normalized spacial score (nSPS) is 30.2. The number of ether oxygens (including phenoxy) is 1. The Morgan fingerprint density at radius 1 is 1.50 bits per heavy atom. The van der Waals surface area contributed by atoms with Crippen molar-refractivity contribution in [1.82, 2.24) is 19.5 Å². The number of aliphatic hydroxyl groups excluding tert-OH is 2. The average Bonchev–Trinajstić information content (AvgIpc) is 2.93. The van der Waals surface area contributed by atoms with Crippen molar-refractivity contribution in [2.24, 2.45) is 0 Å². The molecule has 0 saturated carbocycles. The zero-order chi connectivity index (χ0) is 14.4. The molecule has 0 spiro atoms. The molecule has 4 N–H and O–H groups in total. The molecule has 0 radical (unpaired) electrons. The van der Waals surface area contributed by atoms with Crippen molar-refractivity contribution in [3.05, 3.63) is 11.6 Å². The maximum absolute atomic E-state index is 14.1. The third-order valence-electron chi connectivity index (χ3n) is 3.17. The van der Waals surface area contributed by atoms with E-state index in [1.807, 2.05) is 0 Å². The fraction of sp³-hybridized carbons (Fsp3) is 0.500. The molecular weight excluding hydrogens is 293 g/mol. The summed E-state index contributed by atoms with van der Waals surface area (Å²) in [6.07, 6.45) is -4.08. The quantitative estimate of drug-likeness (QED) is 0.649. The van der Waals surface area contributed by atoms with Crippen molar-refractivity contribution in [3.63, 3.8) is 0 Å². The zero-order valence-corrected chi connectivity index (χ0v) is 10.8. The molecule has 20 heavy (non-hydrogen) atoms. The van der Waals surface area contributed by atoms with Gasteiger partial charge in [0.1, 0.15) is 17.7 Å². The molecule has 3 heterocycles. The number of nitrogens with zero attached hydrogens (tertiary/aromatic N) is 4. The van der Waals surface area contributed by atoms with Crippen LogP contribution in [-0.2, 0) is 4.74 Å². The van der Waals surface area contributed by atoms with Crippen molar-refractivity contribution in [2.75, 3.05) is 12.3 Å². The van der Waals surface area contributed by atoms with Gasteiger partial charge < -0.3 is 20.7 Å². The molecule has 1 aliphatic heterocycles. The van der Waals surface area contributed by atoms with E-state index in [-0.39, 0.29) is 22.3 Å². The van der Waals surface area contributed by atoms with Gasteiger partial charge in [0.05, 0.1) is 12.9 Å². The van der Waals surface area contributed by atoms with Crippen molar-refractivity contribution >= 4 is 28.6 Å². The second-order valence-corrected chi connectivity index (χ2v) is 4.72. The summed E-state index contributed by atoms with van der Waals surface area (Å²) in [5.74, 6) is 0.0615. The molecule has 0 aliphatic carbocycles. The molecule has 3 unspecified atom stereocenters. The first kappa shape index (κ1) is 13.4. The number of alkyl halides is 1. The summed E-state index contributed by atoms with van der Waals surface area (Å²) >= 11 is 5.71. The predicted molar refractivity (Wildman–Crippen MR) is 66.6 cm³/mol. The Morgan fingerprint density at radius 3 is 2.90 bits per heavy atom. The maximum Gasteiger partial charge on any atom is 0.226 e. The van der Waals surface area contributed by atoms with Crippen LogP contribution < -0.4 is 5.73 Å². The summed E-state index contributed by atoms with van der Waals surface area (Å²) in [4.78, 5) is 11.7. The van der Waals surface area contributed by atoms with Crippen LogP contribution in [0.25, 0.3) is 11.2 Å². The number of hydrogen-bond acceptors (Lipinski definition) is 7. The van der Waals surface area contributed by atoms with E-state index in [0.29, 0.717) is 0 Å². The Morgan fingerprint density at radius 2 is 2.25 bits per heavy atom. The smallest absolute Gasteiger partial charge is 0.226 e. The highest BCUT2D eigenvalue weighted by molar-refractivity contribution is 6.28. The predicted octanol–water partition coefficient (Wildman–Crippen LogP) is -0.349. The Bertz CT molecular complexity index is 653. The number of nitrogens with two attached hydrogens (primary N) is 1. The lowest BCUT2D eigenvalue weighted by Crippen LogP contribution is -2.30. The number of nitrogen functional groups attached to an aromatic ring is 1. The van der Waals surface area contributed by atoms with Gasteiger partial charge in [-0.3, -0.25) is 4.57 Å². The van der Waals surface area contributed by atoms with Gasteiger partial charge >= 0.3 is 0 Å². The summed E-state index contributed by atoms with van der Waals surface area (Å²) in [5.41, 5.74) is 6.10. The Kier molecular flexibility index (Phi) is 3.21. The van der Waals surface area contributed by atoms with Crippen molar-refractivity contribution in [3.8, 4) is 0 Å². The fourth-order valence-corrected chi connectivity index (χ4v) is 2.35. The van der Waals surface area contributed by atoms with Crippen molar-refractivity contribution in [1.29, 1.82) is 0 Å². The van der Waals surface area contributed by atoms with Gasteiger partial charge in [-0.15, -0.1) is 0 Å². The minimum absolute atomic E-state index is 0.0615. The van der Waals surface area contributed by atoms with Gasteiger partial charge in [-0.1, -0.05) is 0 Å². The van der Waals surface area contributed by atoms with Crippen LogP contribution in [0.15, 0.2) is 6.33 Å². The minimum atomic E-state index is -1.74. The van der Waals surface area contributed by atoms with Gasteiger partial charge in [0, 0.05) is 0 Å². The van der Waals surface area contributed by atoms with E-state index in [1.54, 1.807) is 0 Å². The Balaban J connectivity index is 2.07. The molecule has 0 aromatic carbocycles. The first-order valence-electron chi connectivity index (χ1n) is 5.77. The lowest BCUT2D eigenvalue weighted by molar-refractivity contribution is -0.0459. The Hall–Kier alpha value is -1.55. The second-order valence-electron chi connectivity index (χ2n) is 4.38. The highest BCUT2D eigenvalue weighted by Crippen LogP contribution is 2.34. The van der Waals surface area contributed by atoms with Crippen LogP contribution in [-0.4, -0.2) is 54.7 Å². The van der Waals surface area contributed by atoms with Crippen molar-refractivity contribution < 1.29 is 19.3 Å². The molecular formula is C10H11ClFN5O3. The largest absolute Gasteiger partial charge is 0.394 e. The van der Waals surface area contributed by atoms with Crippen LogP contribution >= 0.6 is 11.6 Å². The SMILES string of the molecule is Nc1nc(Cl)nc2c1ncn2C1OC(CO)C(O)[C@H]1F. The van der Waals surface area contributed by atoms with E-state index in [0.717, 1.165) is 0 Å². The number of hydrogen-bond donors (Lipinski definition) is 3. The van der Waals surface area contributed by atoms with Gasteiger partial charge in [0.15, 0.2) is 23.9 Å². The molecule has 4 atom stereocenters. The van der Waals surface area contributed by atoms with Crippen LogP contribution in [0.2, 0.25) is 5.28 Å². The maximum atomic E-state index is 14.1. The summed E-state index contributed by atoms with van der Waals surface area (Å²) in [6, 6.07) is 0. The van der Waals surface area contributed by atoms with Gasteiger partial charge in [0.2, 0.25) is 5.28 Å². The molecule has 0 amide bonds. The zero-order valence-electron chi connectivity index (χ0n) is 10.0. The van der Waals surface area contributed by atoms with E-state index in [4.69, 9.17) is 27.2 Å². The molecule has 0 bridgehead atoms. The van der Waals surface area contributed by atoms with E-state index < -0.39 is 31.2 Å². The van der Waals surface area contributed by atoms with E-state index in [9.17, 15) is 9.50 Å². The monoisotopic (exact) mass is 303 g/mol. The van der Waals surface area contributed by atoms with Crippen LogP contribution in [0.3, 0.4) is 0 Å². The molecule has 2 aromatic heterocycles. The molecule has 2 aromatic rings. The summed E-state index contributed by atoms with van der Waals surface area (Å²) in [6.45, 7) is -0.497. The molecule has 1 aliphatic rings.